The molecule has 0 spiro atoms. The summed E-state index contributed by atoms with van der Waals surface area (Å²) in [5, 5.41) is 0. The highest BCUT2D eigenvalue weighted by Crippen LogP contribution is 2.32. The molecule has 0 saturated carbocycles. The Morgan fingerprint density at radius 2 is 1.33 bits per heavy atom. The lowest BCUT2D eigenvalue weighted by atomic mass is 9.80. The zero-order valence-electron chi connectivity index (χ0n) is 13.8. The van der Waals surface area contributed by atoms with Crippen molar-refractivity contribution in [1.29, 1.82) is 0 Å². The van der Waals surface area contributed by atoms with Crippen molar-refractivity contribution in [3.05, 3.63) is 23.8 Å². The van der Waals surface area contributed by atoms with E-state index in [0.29, 0.717) is 0 Å². The molecular formula is C18H30. The van der Waals surface area contributed by atoms with Crippen molar-refractivity contribution in [2.75, 3.05) is 0 Å². The second-order valence-electron chi connectivity index (χ2n) is 8.15. The van der Waals surface area contributed by atoms with Crippen LogP contribution >= 0.6 is 0 Å². The maximum atomic E-state index is 4.24. The quantitative estimate of drug-likeness (QED) is 0.416. The first-order chi connectivity index (χ1) is 7.72. The second kappa shape index (κ2) is 5.35. The molecule has 0 atom stereocenters. The van der Waals surface area contributed by atoms with E-state index in [1.165, 1.54) is 0 Å². The molecule has 0 bridgehead atoms. The Labute approximate surface area is 115 Å². The predicted octanol–water partition coefficient (Wildman–Crippen LogP) is 5.61. The molecule has 18 heavy (non-hydrogen) atoms. The summed E-state index contributed by atoms with van der Waals surface area (Å²) in [6.07, 6.45) is 2.24. The van der Waals surface area contributed by atoms with Gasteiger partial charge in [0.05, 0.1) is 0 Å². The molecule has 0 nitrogen and oxygen atoms in total. The van der Waals surface area contributed by atoms with Crippen LogP contribution in [0.4, 0.5) is 0 Å². The van der Waals surface area contributed by atoms with Crippen LogP contribution in [0.5, 0.6) is 0 Å². The summed E-state index contributed by atoms with van der Waals surface area (Å²) in [6.45, 7) is 23.8. The minimum Gasteiger partial charge on any atom is -0.0941 e. The summed E-state index contributed by atoms with van der Waals surface area (Å²) >= 11 is 0. The third-order valence-corrected chi connectivity index (χ3v) is 2.38. The van der Waals surface area contributed by atoms with Gasteiger partial charge < -0.3 is 0 Å². The fourth-order valence-corrected chi connectivity index (χ4v) is 1.29. The lowest BCUT2D eigenvalue weighted by molar-refractivity contribution is 0.505. The third-order valence-electron chi connectivity index (χ3n) is 2.38. The maximum absolute atomic E-state index is 4.24. The van der Waals surface area contributed by atoms with Gasteiger partial charge in [0.25, 0.3) is 0 Å². The van der Waals surface area contributed by atoms with Crippen LogP contribution in [0.2, 0.25) is 0 Å². The molecular weight excluding hydrogens is 216 g/mol. The van der Waals surface area contributed by atoms with Crippen LogP contribution in [0.3, 0.4) is 0 Å². The van der Waals surface area contributed by atoms with Crippen LogP contribution in [0, 0.1) is 28.1 Å². The smallest absolute Gasteiger partial charge is 0.0242 e. The minimum atomic E-state index is 0.0230. The summed E-state index contributed by atoms with van der Waals surface area (Å²) in [7, 11) is 0. The molecule has 0 rings (SSSR count). The van der Waals surface area contributed by atoms with E-state index in [4.69, 9.17) is 0 Å². The first-order valence-corrected chi connectivity index (χ1v) is 6.68. The van der Waals surface area contributed by atoms with Crippen molar-refractivity contribution in [2.24, 2.45) is 16.2 Å². The SMILES string of the molecule is C=C(/C(C#CC(C)(C)C)=C\C(C)(C)C)C(C)(C)C. The van der Waals surface area contributed by atoms with Gasteiger partial charge in [-0.25, -0.2) is 0 Å². The van der Waals surface area contributed by atoms with E-state index in [2.05, 4.69) is 86.8 Å². The molecule has 0 aliphatic carbocycles. The number of allylic oxidation sites excluding steroid dienone is 3. The van der Waals surface area contributed by atoms with Gasteiger partial charge in [-0.1, -0.05) is 66.0 Å². The van der Waals surface area contributed by atoms with Crippen molar-refractivity contribution >= 4 is 0 Å². The molecule has 0 amide bonds. The molecule has 0 saturated heterocycles. The predicted molar refractivity (Wildman–Crippen MR) is 83.4 cm³/mol. The Morgan fingerprint density at radius 1 is 0.889 bits per heavy atom. The van der Waals surface area contributed by atoms with Crippen molar-refractivity contribution < 1.29 is 0 Å². The zero-order valence-corrected chi connectivity index (χ0v) is 13.8. The summed E-state index contributed by atoms with van der Waals surface area (Å²) < 4.78 is 0. The summed E-state index contributed by atoms with van der Waals surface area (Å²) in [6, 6.07) is 0. The highest BCUT2D eigenvalue weighted by atomic mass is 14.2. The Bertz CT molecular complexity index is 387. The van der Waals surface area contributed by atoms with Crippen molar-refractivity contribution in [3.63, 3.8) is 0 Å². The molecule has 0 heterocycles. The summed E-state index contributed by atoms with van der Waals surface area (Å²) in [5.74, 6) is 6.65. The van der Waals surface area contributed by atoms with Gasteiger partial charge in [0.15, 0.2) is 0 Å². The Balaban J connectivity index is 5.55. The fraction of sp³-hybridized carbons (Fsp3) is 0.667. The minimum absolute atomic E-state index is 0.0230. The number of hydrogen-bond acceptors (Lipinski definition) is 0. The maximum Gasteiger partial charge on any atom is 0.0242 e. The molecule has 0 aromatic heterocycles. The third kappa shape index (κ3) is 7.38. The van der Waals surface area contributed by atoms with Crippen LogP contribution in [0.1, 0.15) is 62.3 Å². The van der Waals surface area contributed by atoms with Crippen LogP contribution in [0.25, 0.3) is 0 Å². The second-order valence-corrected chi connectivity index (χ2v) is 8.15. The number of rotatable bonds is 1. The molecule has 0 N–H and O–H groups in total. The largest absolute Gasteiger partial charge is 0.0941 e. The van der Waals surface area contributed by atoms with E-state index in [0.717, 1.165) is 11.1 Å². The van der Waals surface area contributed by atoms with Crippen LogP contribution in [0.15, 0.2) is 23.8 Å². The van der Waals surface area contributed by atoms with Crippen LogP contribution in [-0.4, -0.2) is 0 Å². The lowest BCUT2D eigenvalue weighted by Gasteiger charge is -2.24. The average molecular weight is 246 g/mol. The van der Waals surface area contributed by atoms with Gasteiger partial charge in [-0.05, 0) is 37.2 Å². The highest BCUT2D eigenvalue weighted by Gasteiger charge is 2.20. The average Bonchev–Trinajstić information content (AvgIpc) is 2.06. The van der Waals surface area contributed by atoms with Crippen molar-refractivity contribution in [1.82, 2.24) is 0 Å². The molecule has 0 unspecified atom stereocenters. The molecule has 0 radical (unpaired) electrons. The monoisotopic (exact) mass is 246 g/mol. The first-order valence-electron chi connectivity index (χ1n) is 6.68. The van der Waals surface area contributed by atoms with E-state index in [1.54, 1.807) is 0 Å². The molecule has 0 fully saturated rings. The van der Waals surface area contributed by atoms with Crippen LogP contribution in [-0.2, 0) is 0 Å². The molecule has 0 aromatic carbocycles. The zero-order chi connectivity index (χ0) is 14.8. The summed E-state index contributed by atoms with van der Waals surface area (Å²) in [5.41, 5.74) is 2.41. The van der Waals surface area contributed by atoms with E-state index in [-0.39, 0.29) is 16.2 Å². The van der Waals surface area contributed by atoms with Gasteiger partial charge in [0.1, 0.15) is 0 Å². The van der Waals surface area contributed by atoms with Gasteiger partial charge >= 0.3 is 0 Å². The Kier molecular flexibility index (Phi) is 5.07. The van der Waals surface area contributed by atoms with E-state index in [9.17, 15) is 0 Å². The normalized spacial score (nSPS) is 13.9. The topological polar surface area (TPSA) is 0 Å². The van der Waals surface area contributed by atoms with Gasteiger partial charge in [-0.2, -0.15) is 0 Å². The molecule has 0 aromatic rings. The number of hydrogen-bond donors (Lipinski definition) is 0. The van der Waals surface area contributed by atoms with E-state index >= 15 is 0 Å². The van der Waals surface area contributed by atoms with E-state index in [1.807, 2.05) is 0 Å². The lowest BCUT2D eigenvalue weighted by Crippen LogP contribution is -2.12. The molecule has 0 heteroatoms. The fourth-order valence-electron chi connectivity index (χ4n) is 1.29. The van der Waals surface area contributed by atoms with E-state index < -0.39 is 0 Å². The van der Waals surface area contributed by atoms with Crippen LogP contribution < -0.4 is 0 Å². The first kappa shape index (κ1) is 17.0. The van der Waals surface area contributed by atoms with Gasteiger partial charge in [0, 0.05) is 11.0 Å². The van der Waals surface area contributed by atoms with Gasteiger partial charge in [-0.15, -0.1) is 0 Å². The van der Waals surface area contributed by atoms with Gasteiger partial charge in [0.2, 0.25) is 0 Å². The summed E-state index contributed by atoms with van der Waals surface area (Å²) in [4.78, 5) is 0. The standard InChI is InChI=1S/C18H30/c1-14(18(8,9)10)15(13-17(5,6)7)11-12-16(2,3)4/h13H,1H2,2-10H3/b15-13-. The molecule has 0 aliphatic heterocycles. The van der Waals surface area contributed by atoms with Crippen molar-refractivity contribution in [3.8, 4) is 11.8 Å². The molecule has 0 aliphatic rings. The van der Waals surface area contributed by atoms with Gasteiger partial charge in [-0.3, -0.25) is 0 Å². The Hall–Kier alpha value is -0.960. The molecule has 102 valence electrons. The highest BCUT2D eigenvalue weighted by molar-refractivity contribution is 5.48. The van der Waals surface area contributed by atoms with Crippen molar-refractivity contribution in [2.45, 2.75) is 62.3 Å². The Morgan fingerprint density at radius 3 is 1.61 bits per heavy atom.